The molecule has 2 aliphatic rings. The average Bonchev–Trinajstić information content (AvgIpc) is 3.58. The predicted octanol–water partition coefficient (Wildman–Crippen LogP) is 4.25. The number of hydrogen-bond acceptors (Lipinski definition) is 6. The number of H-pyrrole nitrogens is 2. The van der Waals surface area contributed by atoms with E-state index >= 15 is 0 Å². The summed E-state index contributed by atoms with van der Waals surface area (Å²) in [7, 11) is 0. The molecule has 8 nitrogen and oxygen atoms in total. The number of fused-ring (bicyclic) bond motifs is 2. The quantitative estimate of drug-likeness (QED) is 0.312. The van der Waals surface area contributed by atoms with Gasteiger partial charge < -0.3 is 20.6 Å². The number of nitrogens with one attached hydrogen (secondary N) is 4. The summed E-state index contributed by atoms with van der Waals surface area (Å²) in [5, 5.41) is 9.06. The van der Waals surface area contributed by atoms with Gasteiger partial charge in [-0.25, -0.2) is 0 Å². The second-order valence-corrected chi connectivity index (χ2v) is 9.28. The highest BCUT2D eigenvalue weighted by molar-refractivity contribution is 6.03. The molecule has 0 radical (unpaired) electrons. The van der Waals surface area contributed by atoms with Crippen molar-refractivity contribution in [3.05, 3.63) is 72.1 Å². The maximum absolute atomic E-state index is 4.72. The van der Waals surface area contributed by atoms with Gasteiger partial charge in [-0.05, 0) is 37.1 Å². The van der Waals surface area contributed by atoms with Crippen molar-refractivity contribution in [1.29, 1.82) is 0 Å². The lowest BCUT2D eigenvalue weighted by molar-refractivity contribution is 0.742. The van der Waals surface area contributed by atoms with Gasteiger partial charge in [0.05, 0.1) is 23.8 Å². The van der Waals surface area contributed by atoms with Crippen LogP contribution in [0.5, 0.6) is 0 Å². The van der Waals surface area contributed by atoms with Gasteiger partial charge in [0.2, 0.25) is 0 Å². The Labute approximate surface area is 208 Å². The standard InChI is InChI=1S/C28H26N8/c1-7-29-27(30-8-1)19-5-3-17-11-23(35-21(17)13-19)25-15-34-26(16-33-25)24-12-18-4-6-20(14-22(18)36-24)28-31-9-2-10-32-28/h3-6,11-16,35-36H,1-2,7-10H2,(H,29,30)(H,31,32). The smallest absolute Gasteiger partial charge is 0.128 e. The number of hydrogen-bond donors (Lipinski definition) is 4. The van der Waals surface area contributed by atoms with E-state index in [0.717, 1.165) is 106 Å². The van der Waals surface area contributed by atoms with Gasteiger partial charge in [0.25, 0.3) is 0 Å². The van der Waals surface area contributed by atoms with Crippen molar-refractivity contribution in [3.8, 4) is 22.8 Å². The molecule has 0 unspecified atom stereocenters. The fourth-order valence-corrected chi connectivity index (χ4v) is 4.88. The Hall–Kier alpha value is -4.46. The van der Waals surface area contributed by atoms with E-state index in [9.17, 15) is 0 Å². The van der Waals surface area contributed by atoms with Crippen LogP contribution in [0.4, 0.5) is 0 Å². The third-order valence-corrected chi connectivity index (χ3v) is 6.79. The Bertz CT molecular complexity index is 1510. The summed E-state index contributed by atoms with van der Waals surface area (Å²) < 4.78 is 0. The van der Waals surface area contributed by atoms with Gasteiger partial charge in [0.15, 0.2) is 0 Å². The molecule has 0 saturated heterocycles. The maximum atomic E-state index is 4.72. The zero-order chi connectivity index (χ0) is 23.9. The third kappa shape index (κ3) is 3.80. The molecule has 0 aliphatic carbocycles. The van der Waals surface area contributed by atoms with Crippen molar-refractivity contribution in [3.63, 3.8) is 0 Å². The molecule has 5 aromatic rings. The molecular formula is C28H26N8. The number of aromatic amines is 2. The molecule has 5 heterocycles. The number of amidine groups is 2. The highest BCUT2D eigenvalue weighted by Crippen LogP contribution is 2.27. The second-order valence-electron chi connectivity index (χ2n) is 9.28. The Morgan fingerprint density at radius 3 is 1.50 bits per heavy atom. The molecule has 4 N–H and O–H groups in total. The first-order chi connectivity index (χ1) is 17.8. The van der Waals surface area contributed by atoms with Gasteiger partial charge in [0, 0.05) is 59.1 Å². The maximum Gasteiger partial charge on any atom is 0.128 e. The minimum Gasteiger partial charge on any atom is -0.370 e. The summed E-state index contributed by atoms with van der Waals surface area (Å²) >= 11 is 0. The first-order valence-corrected chi connectivity index (χ1v) is 12.5. The monoisotopic (exact) mass is 474 g/mol. The molecule has 3 aromatic heterocycles. The summed E-state index contributed by atoms with van der Waals surface area (Å²) in [5.41, 5.74) is 7.84. The first kappa shape index (κ1) is 20.9. The van der Waals surface area contributed by atoms with Crippen molar-refractivity contribution < 1.29 is 0 Å². The van der Waals surface area contributed by atoms with E-state index in [-0.39, 0.29) is 0 Å². The van der Waals surface area contributed by atoms with Crippen LogP contribution in [0, 0.1) is 0 Å². The summed E-state index contributed by atoms with van der Waals surface area (Å²) in [5.74, 6) is 1.94. The number of aliphatic imine (C=N–C) groups is 2. The molecule has 0 bridgehead atoms. The molecule has 0 fully saturated rings. The van der Waals surface area contributed by atoms with Crippen LogP contribution >= 0.6 is 0 Å². The molecular weight excluding hydrogens is 448 g/mol. The highest BCUT2D eigenvalue weighted by Gasteiger charge is 2.13. The molecule has 178 valence electrons. The first-order valence-electron chi connectivity index (χ1n) is 12.5. The Balaban J connectivity index is 1.16. The normalized spacial score (nSPS) is 15.9. The van der Waals surface area contributed by atoms with Gasteiger partial charge in [-0.15, -0.1) is 0 Å². The summed E-state index contributed by atoms with van der Waals surface area (Å²) in [6, 6.07) is 17.0. The topological polar surface area (TPSA) is 106 Å². The van der Waals surface area contributed by atoms with Crippen LogP contribution in [0.15, 0.2) is 70.9 Å². The molecule has 0 spiro atoms. The van der Waals surface area contributed by atoms with E-state index in [2.05, 4.69) is 79.1 Å². The van der Waals surface area contributed by atoms with Crippen molar-refractivity contribution in [2.24, 2.45) is 9.98 Å². The number of aromatic nitrogens is 4. The van der Waals surface area contributed by atoms with Crippen LogP contribution < -0.4 is 10.6 Å². The van der Waals surface area contributed by atoms with Crippen molar-refractivity contribution in [2.45, 2.75) is 12.8 Å². The fourth-order valence-electron chi connectivity index (χ4n) is 4.88. The minimum absolute atomic E-state index is 0.810. The van der Waals surface area contributed by atoms with Gasteiger partial charge in [-0.3, -0.25) is 20.0 Å². The van der Waals surface area contributed by atoms with Gasteiger partial charge in [0.1, 0.15) is 23.1 Å². The van der Waals surface area contributed by atoms with Crippen molar-refractivity contribution in [2.75, 3.05) is 26.2 Å². The fraction of sp³-hybridized carbons (Fsp3) is 0.214. The molecule has 2 aliphatic heterocycles. The molecule has 7 rings (SSSR count). The van der Waals surface area contributed by atoms with Crippen molar-refractivity contribution >= 4 is 33.5 Å². The van der Waals surface area contributed by atoms with E-state index in [1.54, 1.807) is 0 Å². The molecule has 36 heavy (non-hydrogen) atoms. The summed E-state index contributed by atoms with van der Waals surface area (Å²) in [4.78, 5) is 25.7. The van der Waals surface area contributed by atoms with Crippen LogP contribution in [-0.2, 0) is 0 Å². The Morgan fingerprint density at radius 1 is 0.583 bits per heavy atom. The molecule has 0 saturated carbocycles. The lowest BCUT2D eigenvalue weighted by atomic mass is 10.1. The number of benzene rings is 2. The van der Waals surface area contributed by atoms with Crippen molar-refractivity contribution in [1.82, 2.24) is 30.6 Å². The van der Waals surface area contributed by atoms with Gasteiger partial charge in [-0.1, -0.05) is 24.3 Å². The zero-order valence-corrected chi connectivity index (χ0v) is 19.8. The second kappa shape index (κ2) is 8.64. The van der Waals surface area contributed by atoms with Crippen LogP contribution in [0.2, 0.25) is 0 Å². The van der Waals surface area contributed by atoms with Crippen LogP contribution in [-0.4, -0.2) is 57.8 Å². The molecule has 8 heteroatoms. The molecule has 0 atom stereocenters. The van der Waals surface area contributed by atoms with Crippen LogP contribution in [0.25, 0.3) is 44.6 Å². The van der Waals surface area contributed by atoms with Gasteiger partial charge >= 0.3 is 0 Å². The average molecular weight is 475 g/mol. The highest BCUT2D eigenvalue weighted by atomic mass is 15.0. The number of rotatable bonds is 4. The minimum atomic E-state index is 0.810. The lowest BCUT2D eigenvalue weighted by Gasteiger charge is -2.14. The molecule has 0 amide bonds. The largest absolute Gasteiger partial charge is 0.370 e. The Kier molecular flexibility index (Phi) is 5.01. The third-order valence-electron chi connectivity index (χ3n) is 6.79. The Morgan fingerprint density at radius 2 is 1.08 bits per heavy atom. The van der Waals surface area contributed by atoms with Crippen LogP contribution in [0.1, 0.15) is 24.0 Å². The van der Waals surface area contributed by atoms with E-state index < -0.39 is 0 Å². The SMILES string of the molecule is c1cc2cc(-c3cnc(-c4cc5ccc(C6=NCCCN6)cc5[nH]4)cn3)[nH]c2cc1C1=NCCCN1. The summed E-state index contributed by atoms with van der Waals surface area (Å²) in [6.45, 7) is 3.70. The van der Waals surface area contributed by atoms with E-state index in [1.165, 1.54) is 0 Å². The summed E-state index contributed by atoms with van der Waals surface area (Å²) in [6.07, 6.45) is 5.82. The number of nitrogens with zero attached hydrogens (tertiary/aromatic N) is 4. The lowest BCUT2D eigenvalue weighted by Crippen LogP contribution is -2.30. The van der Waals surface area contributed by atoms with E-state index in [0.29, 0.717) is 0 Å². The molecule has 2 aromatic carbocycles. The van der Waals surface area contributed by atoms with Gasteiger partial charge in [-0.2, -0.15) is 0 Å². The van der Waals surface area contributed by atoms with Crippen LogP contribution in [0.3, 0.4) is 0 Å². The van der Waals surface area contributed by atoms with E-state index in [1.807, 2.05) is 12.4 Å². The van der Waals surface area contributed by atoms with E-state index in [4.69, 9.17) is 9.97 Å². The predicted molar refractivity (Wildman–Crippen MR) is 145 cm³/mol. The zero-order valence-electron chi connectivity index (χ0n) is 19.8.